The van der Waals surface area contributed by atoms with Gasteiger partial charge in [-0.3, -0.25) is 4.79 Å². The molecule has 2 N–H and O–H groups in total. The molecule has 10 heteroatoms. The Morgan fingerprint density at radius 1 is 1.40 bits per heavy atom. The minimum absolute atomic E-state index is 0.0231. The Morgan fingerprint density at radius 3 is 2.96 bits per heavy atom. The van der Waals surface area contributed by atoms with Crippen LogP contribution in [0, 0.1) is 6.92 Å². The van der Waals surface area contributed by atoms with Crippen molar-refractivity contribution in [2.24, 2.45) is 0 Å². The molecule has 4 rings (SSSR count). The van der Waals surface area contributed by atoms with Crippen LogP contribution in [0.1, 0.15) is 33.5 Å². The first kappa shape index (κ1) is 15.6. The summed E-state index contributed by atoms with van der Waals surface area (Å²) in [6, 6.07) is -1.18. The van der Waals surface area contributed by atoms with Crippen LogP contribution in [-0.2, 0) is 11.2 Å². The molecule has 25 heavy (non-hydrogen) atoms. The second-order valence-electron chi connectivity index (χ2n) is 5.82. The highest BCUT2D eigenvalue weighted by atomic mass is 35.5. The zero-order chi connectivity index (χ0) is 17.7. The number of nitrogens with zero attached hydrogens (tertiary/aromatic N) is 5. The fourth-order valence-electron chi connectivity index (χ4n) is 3.02. The number of H-pyrrole nitrogens is 1. The molecule has 0 bridgehead atoms. The molecule has 0 aromatic carbocycles. The third-order valence-electron chi connectivity index (χ3n) is 4.17. The number of aryl methyl sites for hydroxylation is 1. The van der Waals surface area contributed by atoms with Crippen LogP contribution in [0.3, 0.4) is 0 Å². The molecule has 1 aliphatic heterocycles. The quantitative estimate of drug-likeness (QED) is 0.710. The molecule has 0 saturated carbocycles. The van der Waals surface area contributed by atoms with Gasteiger partial charge in [-0.15, -0.1) is 0 Å². The zero-order valence-corrected chi connectivity index (χ0v) is 13.9. The molecule has 1 amide bonds. The fourth-order valence-corrected chi connectivity index (χ4v) is 3.27. The Labute approximate surface area is 146 Å². The molecule has 0 saturated heterocycles. The van der Waals surface area contributed by atoms with Crippen LogP contribution in [0.5, 0.6) is 0 Å². The normalized spacial score (nSPS) is 16.9. The van der Waals surface area contributed by atoms with Crippen LogP contribution >= 0.6 is 11.6 Å². The molecule has 1 aliphatic rings. The molecule has 0 radical (unpaired) electrons. The lowest BCUT2D eigenvalue weighted by atomic mass is 10.0. The van der Waals surface area contributed by atoms with Gasteiger partial charge in [0.1, 0.15) is 5.02 Å². The number of hydrogen-bond acceptors (Lipinski definition) is 5. The van der Waals surface area contributed by atoms with Crippen LogP contribution in [0.4, 0.5) is 0 Å². The number of nitrogens with one attached hydrogen (secondary N) is 1. The monoisotopic (exact) mass is 360 g/mol. The number of carbonyl (C=O) groups is 2. The van der Waals surface area contributed by atoms with E-state index in [1.807, 2.05) is 6.92 Å². The predicted octanol–water partition coefficient (Wildman–Crippen LogP) is 1.24. The zero-order valence-electron chi connectivity index (χ0n) is 13.1. The number of carboxylic acid groups (broad SMARTS) is 1. The molecule has 3 aromatic rings. The van der Waals surface area contributed by atoms with E-state index in [-0.39, 0.29) is 17.3 Å². The molecule has 1 unspecified atom stereocenters. The van der Waals surface area contributed by atoms with Gasteiger partial charge in [0.25, 0.3) is 5.91 Å². The van der Waals surface area contributed by atoms with Crippen LogP contribution in [0.25, 0.3) is 5.65 Å². The lowest BCUT2D eigenvalue weighted by Crippen LogP contribution is -2.44. The first-order valence-electron chi connectivity index (χ1n) is 7.53. The Morgan fingerprint density at radius 2 is 2.20 bits per heavy atom. The van der Waals surface area contributed by atoms with Gasteiger partial charge in [0.15, 0.2) is 17.4 Å². The molecule has 0 aliphatic carbocycles. The summed E-state index contributed by atoms with van der Waals surface area (Å²) in [6.45, 7) is 2.06. The summed E-state index contributed by atoms with van der Waals surface area (Å²) in [5.74, 6) is -1.72. The van der Waals surface area contributed by atoms with Gasteiger partial charge in [-0.05, 0) is 12.5 Å². The van der Waals surface area contributed by atoms with E-state index in [1.165, 1.54) is 15.7 Å². The van der Waals surface area contributed by atoms with Crippen molar-refractivity contribution in [2.75, 3.05) is 6.54 Å². The summed E-state index contributed by atoms with van der Waals surface area (Å²) < 4.78 is 1.42. The first-order valence-corrected chi connectivity index (χ1v) is 7.91. The highest BCUT2D eigenvalue weighted by Crippen LogP contribution is 2.31. The van der Waals surface area contributed by atoms with E-state index < -0.39 is 17.9 Å². The van der Waals surface area contributed by atoms with Crippen molar-refractivity contribution < 1.29 is 14.7 Å². The molecule has 9 nitrogen and oxygen atoms in total. The number of aliphatic carboxylic acids is 1. The lowest BCUT2D eigenvalue weighted by Gasteiger charge is -2.31. The van der Waals surface area contributed by atoms with Crippen molar-refractivity contribution in [3.8, 4) is 0 Å². The summed E-state index contributed by atoms with van der Waals surface area (Å²) in [7, 11) is 0. The van der Waals surface area contributed by atoms with Gasteiger partial charge in [0.05, 0.1) is 12.0 Å². The van der Waals surface area contributed by atoms with E-state index in [0.717, 1.165) is 11.3 Å². The number of carboxylic acids is 1. The van der Waals surface area contributed by atoms with Crippen LogP contribution in [-0.4, -0.2) is 53.0 Å². The number of imidazole rings is 1. The first-order chi connectivity index (χ1) is 12.0. The van der Waals surface area contributed by atoms with E-state index in [0.29, 0.717) is 17.8 Å². The maximum absolute atomic E-state index is 13.0. The summed E-state index contributed by atoms with van der Waals surface area (Å²) in [4.78, 5) is 37.1. The minimum Gasteiger partial charge on any atom is -0.479 e. The van der Waals surface area contributed by atoms with Crippen molar-refractivity contribution in [3.05, 3.63) is 46.4 Å². The second kappa shape index (κ2) is 5.55. The van der Waals surface area contributed by atoms with Crippen molar-refractivity contribution in [1.29, 1.82) is 0 Å². The highest BCUT2D eigenvalue weighted by Gasteiger charge is 2.39. The average molecular weight is 361 g/mol. The summed E-state index contributed by atoms with van der Waals surface area (Å²) in [5.41, 5.74) is 2.23. The third kappa shape index (κ3) is 2.35. The van der Waals surface area contributed by atoms with Crippen molar-refractivity contribution in [3.63, 3.8) is 0 Å². The van der Waals surface area contributed by atoms with Gasteiger partial charge in [-0.2, -0.15) is 5.10 Å². The Kier molecular flexibility index (Phi) is 3.46. The minimum atomic E-state index is -1.18. The number of rotatable bonds is 2. The summed E-state index contributed by atoms with van der Waals surface area (Å²) in [5, 5.41) is 13.9. The number of carbonyl (C=O) groups excluding carboxylic acids is 1. The van der Waals surface area contributed by atoms with Crippen LogP contribution in [0.15, 0.2) is 18.7 Å². The van der Waals surface area contributed by atoms with Crippen molar-refractivity contribution >= 4 is 29.1 Å². The maximum atomic E-state index is 13.0. The number of aromatic nitrogens is 5. The molecule has 0 spiro atoms. The van der Waals surface area contributed by atoms with Gasteiger partial charge in [0.2, 0.25) is 0 Å². The highest BCUT2D eigenvalue weighted by molar-refractivity contribution is 6.36. The molecule has 1 atom stereocenters. The van der Waals surface area contributed by atoms with E-state index in [2.05, 4.69) is 20.1 Å². The lowest BCUT2D eigenvalue weighted by molar-refractivity contribution is -0.143. The SMILES string of the molecule is Cc1cnc2c(Cl)c(C(=O)N3CCc4[nH]cnc4C3C(=O)O)nn2c1. The number of amides is 1. The maximum Gasteiger partial charge on any atom is 0.332 e. The number of hydrogen-bond donors (Lipinski definition) is 2. The summed E-state index contributed by atoms with van der Waals surface area (Å²) >= 11 is 6.27. The Balaban J connectivity index is 1.78. The van der Waals surface area contributed by atoms with Crippen molar-refractivity contribution in [2.45, 2.75) is 19.4 Å². The average Bonchev–Trinajstić information content (AvgIpc) is 3.17. The summed E-state index contributed by atoms with van der Waals surface area (Å²) in [6.07, 6.45) is 5.22. The molecule has 3 aromatic heterocycles. The van der Waals surface area contributed by atoms with Gasteiger partial charge in [0, 0.05) is 31.1 Å². The van der Waals surface area contributed by atoms with E-state index in [4.69, 9.17) is 11.6 Å². The van der Waals surface area contributed by atoms with E-state index >= 15 is 0 Å². The standard InChI is InChI=1S/C15H13ClN6O3/c1-7-4-17-13-9(16)11(20-22(13)5-7)14(23)21-3-2-8-10(19-6-18-8)12(21)15(24)25/h4-6,12H,2-3H2,1H3,(H,18,19)(H,24,25). The van der Waals surface area contributed by atoms with Gasteiger partial charge in [-0.25, -0.2) is 19.3 Å². The number of fused-ring (bicyclic) bond motifs is 2. The molecule has 128 valence electrons. The largest absolute Gasteiger partial charge is 0.479 e. The van der Waals surface area contributed by atoms with Gasteiger partial charge >= 0.3 is 5.97 Å². The van der Waals surface area contributed by atoms with Crippen molar-refractivity contribution in [1.82, 2.24) is 29.5 Å². The second-order valence-corrected chi connectivity index (χ2v) is 6.20. The number of aromatic amines is 1. The third-order valence-corrected chi connectivity index (χ3v) is 4.52. The fraction of sp³-hybridized carbons (Fsp3) is 0.267. The van der Waals surface area contributed by atoms with Gasteiger partial charge < -0.3 is 15.0 Å². The molecular formula is C15H13ClN6O3. The van der Waals surface area contributed by atoms with Crippen LogP contribution in [0.2, 0.25) is 5.02 Å². The Bertz CT molecular complexity index is 1010. The van der Waals surface area contributed by atoms with Crippen LogP contribution < -0.4 is 0 Å². The smallest absolute Gasteiger partial charge is 0.332 e. The molecular weight excluding hydrogens is 348 g/mol. The molecule has 0 fully saturated rings. The number of halogens is 1. The Hall–Kier alpha value is -2.94. The van der Waals surface area contributed by atoms with Gasteiger partial charge in [-0.1, -0.05) is 11.6 Å². The topological polar surface area (TPSA) is 116 Å². The predicted molar refractivity (Wildman–Crippen MR) is 86.4 cm³/mol. The molecule has 4 heterocycles. The van der Waals surface area contributed by atoms with E-state index in [9.17, 15) is 14.7 Å². The van der Waals surface area contributed by atoms with E-state index in [1.54, 1.807) is 12.4 Å².